The molecule has 0 amide bonds. The molecule has 1 aliphatic heterocycles. The molecule has 1 aromatic heterocycles. The maximum Gasteiger partial charge on any atom is 0.108 e. The first kappa shape index (κ1) is 7.71. The van der Waals surface area contributed by atoms with Crippen LogP contribution >= 0.6 is 0 Å². The van der Waals surface area contributed by atoms with Crippen LogP contribution in [0.3, 0.4) is 0 Å². The molecule has 12 heavy (non-hydrogen) atoms. The van der Waals surface area contributed by atoms with Crippen LogP contribution in [-0.4, -0.2) is 17.2 Å². The highest BCUT2D eigenvalue weighted by molar-refractivity contribution is 5.42. The second kappa shape index (κ2) is 2.85. The first-order valence-electron chi connectivity index (χ1n) is 4.71. The minimum Gasteiger partial charge on any atom is -0.356 e. The van der Waals surface area contributed by atoms with E-state index in [9.17, 15) is 0 Å². The number of fused-ring (bicyclic) bond motifs is 1. The summed E-state index contributed by atoms with van der Waals surface area (Å²) < 4.78 is 2.34. The van der Waals surface area contributed by atoms with E-state index in [4.69, 9.17) is 0 Å². The van der Waals surface area contributed by atoms with Crippen LogP contribution in [0.2, 0.25) is 0 Å². The Hall–Kier alpha value is -0.920. The van der Waals surface area contributed by atoms with Gasteiger partial charge in [0.1, 0.15) is 5.82 Å². The second-order valence-corrected chi connectivity index (χ2v) is 3.70. The van der Waals surface area contributed by atoms with Gasteiger partial charge >= 0.3 is 0 Å². The zero-order valence-corrected chi connectivity index (χ0v) is 7.83. The van der Waals surface area contributed by atoms with Crippen molar-refractivity contribution >= 4 is 5.82 Å². The van der Waals surface area contributed by atoms with Crippen molar-refractivity contribution in [3.63, 3.8) is 0 Å². The van der Waals surface area contributed by atoms with Gasteiger partial charge in [-0.2, -0.15) is 0 Å². The second-order valence-electron chi connectivity index (χ2n) is 3.70. The Bertz CT molecular complexity index is 263. The Morgan fingerprint density at radius 3 is 2.92 bits per heavy atom. The van der Waals surface area contributed by atoms with Crippen LogP contribution in [0.5, 0.6) is 0 Å². The fraction of sp³-hybridized carbons (Fsp3) is 0.600. The van der Waals surface area contributed by atoms with Gasteiger partial charge in [0.25, 0.3) is 0 Å². The quantitative estimate of drug-likeness (QED) is 0.617. The van der Waals surface area contributed by atoms with Crippen molar-refractivity contribution in [2.24, 2.45) is 0 Å². The third-order valence-electron chi connectivity index (χ3n) is 2.52. The molecule has 0 spiro atoms. The first-order chi connectivity index (χ1) is 5.79. The molecule has 1 aromatic rings. The molecule has 0 saturated carbocycles. The molecule has 2 nitrogen and oxygen atoms in total. The summed E-state index contributed by atoms with van der Waals surface area (Å²) in [6.45, 7) is 6.90. The van der Waals surface area contributed by atoms with E-state index in [-0.39, 0.29) is 0 Å². The first-order valence-corrected chi connectivity index (χ1v) is 4.71. The molecule has 1 aliphatic rings. The fourth-order valence-corrected chi connectivity index (χ4v) is 1.90. The number of aryl methyl sites for hydroxylation is 1. The van der Waals surface area contributed by atoms with E-state index in [1.165, 1.54) is 25.3 Å². The van der Waals surface area contributed by atoms with E-state index in [0.29, 0.717) is 6.04 Å². The van der Waals surface area contributed by atoms with Crippen LogP contribution in [0.15, 0.2) is 18.3 Å². The van der Waals surface area contributed by atoms with Crippen molar-refractivity contribution in [1.82, 2.24) is 4.57 Å². The van der Waals surface area contributed by atoms with Crippen LogP contribution in [0, 0.1) is 0 Å². The third kappa shape index (κ3) is 1.11. The summed E-state index contributed by atoms with van der Waals surface area (Å²) in [6, 6.07) is 4.97. The van der Waals surface area contributed by atoms with E-state index in [1.54, 1.807) is 0 Å². The van der Waals surface area contributed by atoms with Gasteiger partial charge < -0.3 is 9.47 Å². The van der Waals surface area contributed by atoms with Gasteiger partial charge in [-0.05, 0) is 32.4 Å². The lowest BCUT2D eigenvalue weighted by Crippen LogP contribution is -2.36. The normalized spacial score (nSPS) is 16.8. The fourth-order valence-electron chi connectivity index (χ4n) is 1.90. The van der Waals surface area contributed by atoms with Crippen molar-refractivity contribution < 1.29 is 0 Å². The minimum absolute atomic E-state index is 0.624. The molecule has 0 aliphatic carbocycles. The van der Waals surface area contributed by atoms with Crippen molar-refractivity contribution in [3.8, 4) is 0 Å². The molecule has 0 atom stereocenters. The van der Waals surface area contributed by atoms with Crippen LogP contribution in [0.25, 0.3) is 0 Å². The molecule has 2 rings (SSSR count). The maximum atomic E-state index is 2.46. The van der Waals surface area contributed by atoms with Crippen LogP contribution < -0.4 is 4.90 Å². The Morgan fingerprint density at radius 1 is 1.33 bits per heavy atom. The number of hydrogen-bond donors (Lipinski definition) is 0. The Balaban J connectivity index is 2.31. The van der Waals surface area contributed by atoms with E-state index in [1.807, 2.05) is 0 Å². The van der Waals surface area contributed by atoms with E-state index in [0.717, 1.165) is 0 Å². The van der Waals surface area contributed by atoms with Gasteiger partial charge in [-0.25, -0.2) is 0 Å². The van der Waals surface area contributed by atoms with Gasteiger partial charge in [0.15, 0.2) is 0 Å². The van der Waals surface area contributed by atoms with Gasteiger partial charge in [0.05, 0.1) is 0 Å². The average Bonchev–Trinajstić information content (AvgIpc) is 2.49. The molecule has 0 unspecified atom stereocenters. The third-order valence-corrected chi connectivity index (χ3v) is 2.52. The lowest BCUT2D eigenvalue weighted by atomic mass is 10.2. The summed E-state index contributed by atoms with van der Waals surface area (Å²) in [5, 5.41) is 0. The van der Waals surface area contributed by atoms with Gasteiger partial charge in [-0.1, -0.05) is 0 Å². The topological polar surface area (TPSA) is 8.17 Å². The average molecular weight is 164 g/mol. The largest absolute Gasteiger partial charge is 0.356 e. The zero-order valence-electron chi connectivity index (χ0n) is 7.83. The molecule has 0 aromatic carbocycles. The Kier molecular flexibility index (Phi) is 1.83. The van der Waals surface area contributed by atoms with Crippen molar-refractivity contribution in [2.75, 3.05) is 11.4 Å². The number of hydrogen-bond acceptors (Lipinski definition) is 1. The molecule has 0 N–H and O–H groups in total. The van der Waals surface area contributed by atoms with Crippen molar-refractivity contribution in [1.29, 1.82) is 0 Å². The minimum atomic E-state index is 0.624. The van der Waals surface area contributed by atoms with Crippen LogP contribution in [0.4, 0.5) is 5.82 Å². The lowest BCUT2D eigenvalue weighted by molar-refractivity contribution is 0.532. The summed E-state index contributed by atoms with van der Waals surface area (Å²) in [5.41, 5.74) is 0. The predicted molar refractivity (Wildman–Crippen MR) is 51.5 cm³/mol. The summed E-state index contributed by atoms with van der Waals surface area (Å²) in [4.78, 5) is 2.46. The van der Waals surface area contributed by atoms with Gasteiger partial charge in [0.2, 0.25) is 0 Å². The standard InChI is InChI=1S/C10H16N2/c1-9(2)12-8-4-7-11-6-3-5-10(11)12/h3,5-6,9H,4,7-8H2,1-2H3. The highest BCUT2D eigenvalue weighted by Gasteiger charge is 2.17. The monoisotopic (exact) mass is 164 g/mol. The van der Waals surface area contributed by atoms with E-state index >= 15 is 0 Å². The summed E-state index contributed by atoms with van der Waals surface area (Å²) in [7, 11) is 0. The number of anilines is 1. The molecule has 2 heterocycles. The smallest absolute Gasteiger partial charge is 0.108 e. The van der Waals surface area contributed by atoms with Gasteiger partial charge in [-0.3, -0.25) is 0 Å². The number of nitrogens with zero attached hydrogens (tertiary/aromatic N) is 2. The van der Waals surface area contributed by atoms with Crippen LogP contribution in [-0.2, 0) is 6.54 Å². The van der Waals surface area contributed by atoms with Gasteiger partial charge in [-0.15, -0.1) is 0 Å². The highest BCUT2D eigenvalue weighted by atomic mass is 15.3. The molecule has 2 heteroatoms. The molecule has 0 saturated heterocycles. The summed E-state index contributed by atoms with van der Waals surface area (Å²) in [5.74, 6) is 1.39. The zero-order chi connectivity index (χ0) is 8.55. The predicted octanol–water partition coefficient (Wildman–Crippen LogP) is 2.11. The van der Waals surface area contributed by atoms with E-state index in [2.05, 4.69) is 41.6 Å². The molecular weight excluding hydrogens is 148 g/mol. The summed E-state index contributed by atoms with van der Waals surface area (Å²) >= 11 is 0. The molecule has 0 radical (unpaired) electrons. The highest BCUT2D eigenvalue weighted by Crippen LogP contribution is 2.22. The lowest BCUT2D eigenvalue weighted by Gasteiger charge is -2.33. The van der Waals surface area contributed by atoms with E-state index < -0.39 is 0 Å². The summed E-state index contributed by atoms with van der Waals surface area (Å²) in [6.07, 6.45) is 3.45. The molecule has 0 bridgehead atoms. The molecule has 0 fully saturated rings. The SMILES string of the molecule is CC(C)N1CCCn2cccc21. The maximum absolute atomic E-state index is 2.46. The van der Waals surface area contributed by atoms with Gasteiger partial charge in [0, 0.05) is 25.3 Å². The van der Waals surface area contributed by atoms with Crippen LogP contribution in [0.1, 0.15) is 20.3 Å². The van der Waals surface area contributed by atoms with Crippen molar-refractivity contribution in [2.45, 2.75) is 32.9 Å². The van der Waals surface area contributed by atoms with Crippen molar-refractivity contribution in [3.05, 3.63) is 18.3 Å². The molecular formula is C10H16N2. The Labute approximate surface area is 73.8 Å². The number of rotatable bonds is 1. The molecule has 66 valence electrons. The number of aromatic nitrogens is 1. The Morgan fingerprint density at radius 2 is 2.17 bits per heavy atom.